The quantitative estimate of drug-likeness (QED) is 0.271. The summed E-state index contributed by atoms with van der Waals surface area (Å²) in [4.78, 5) is 39.7. The van der Waals surface area contributed by atoms with Crippen LogP contribution in [-0.2, 0) is 4.74 Å². The number of amides is 1. The van der Waals surface area contributed by atoms with Crippen molar-refractivity contribution in [2.24, 2.45) is 0 Å². The lowest BCUT2D eigenvalue weighted by atomic mass is 10.1. The number of carbonyl (C=O) groups excluding carboxylic acids is 2. The Hall–Kier alpha value is -4.35. The van der Waals surface area contributed by atoms with E-state index in [1.54, 1.807) is 38.1 Å². The fourth-order valence-electron chi connectivity index (χ4n) is 3.92. The van der Waals surface area contributed by atoms with Crippen molar-refractivity contribution < 1.29 is 23.2 Å². The van der Waals surface area contributed by atoms with Gasteiger partial charge in [-0.05, 0) is 38.1 Å². The predicted molar refractivity (Wildman–Crippen MR) is 141 cm³/mol. The molecule has 0 atom stereocenters. The van der Waals surface area contributed by atoms with Crippen LogP contribution in [0.1, 0.15) is 33.5 Å². The second-order valence-electron chi connectivity index (χ2n) is 8.02. The van der Waals surface area contributed by atoms with Gasteiger partial charge in [0.1, 0.15) is 27.8 Å². The summed E-state index contributed by atoms with van der Waals surface area (Å²) < 4.78 is 25.3. The summed E-state index contributed by atoms with van der Waals surface area (Å²) in [6.07, 6.45) is 0. The summed E-state index contributed by atoms with van der Waals surface area (Å²) in [7, 11) is 0. The average Bonchev–Trinajstić information content (AvgIpc) is 3.48. The molecular weight excluding hydrogens is 535 g/mol. The zero-order valence-electron chi connectivity index (χ0n) is 20.0. The number of aromatic nitrogens is 3. The zero-order valence-corrected chi connectivity index (χ0v) is 21.5. The number of fused-ring (bicyclic) bond motifs is 1. The van der Waals surface area contributed by atoms with E-state index in [2.05, 4.69) is 15.6 Å². The van der Waals surface area contributed by atoms with Gasteiger partial charge in [0.25, 0.3) is 11.5 Å². The van der Waals surface area contributed by atoms with Gasteiger partial charge < -0.3 is 14.6 Å². The first kappa shape index (κ1) is 25.3. The van der Waals surface area contributed by atoms with Gasteiger partial charge in [0, 0.05) is 16.3 Å². The van der Waals surface area contributed by atoms with Crippen LogP contribution >= 0.6 is 22.9 Å². The molecule has 3 aromatic heterocycles. The lowest BCUT2D eigenvalue weighted by molar-refractivity contribution is 0.0520. The van der Waals surface area contributed by atoms with Gasteiger partial charge in [-0.1, -0.05) is 41.0 Å². The Morgan fingerprint density at radius 3 is 2.74 bits per heavy atom. The molecule has 0 unspecified atom stereocenters. The van der Waals surface area contributed by atoms with Crippen LogP contribution in [0.3, 0.4) is 0 Å². The summed E-state index contributed by atoms with van der Waals surface area (Å²) in [5.41, 5.74) is 0.141. The number of esters is 1. The first-order valence-electron chi connectivity index (χ1n) is 11.3. The van der Waals surface area contributed by atoms with Crippen molar-refractivity contribution in [1.82, 2.24) is 14.9 Å². The minimum atomic E-state index is -0.769. The third-order valence-electron chi connectivity index (χ3n) is 5.62. The Balaban J connectivity index is 1.65. The van der Waals surface area contributed by atoms with Gasteiger partial charge in [-0.2, -0.15) is 9.78 Å². The fraction of sp³-hybridized carbons (Fsp3) is 0.115. The monoisotopic (exact) mass is 552 g/mol. The molecule has 3 heterocycles. The predicted octanol–water partition coefficient (Wildman–Crippen LogP) is 5.63. The molecule has 0 spiro atoms. The Morgan fingerprint density at radius 1 is 1.21 bits per heavy atom. The van der Waals surface area contributed by atoms with Gasteiger partial charge in [-0.15, -0.1) is 11.3 Å². The van der Waals surface area contributed by atoms with Crippen LogP contribution in [-0.4, -0.2) is 33.4 Å². The van der Waals surface area contributed by atoms with E-state index in [1.807, 2.05) is 0 Å². The number of benzene rings is 2. The maximum absolute atomic E-state index is 14.0. The number of carbonyl (C=O) groups is 2. The minimum absolute atomic E-state index is 0.0130. The van der Waals surface area contributed by atoms with Gasteiger partial charge in [-0.3, -0.25) is 9.59 Å². The van der Waals surface area contributed by atoms with E-state index in [4.69, 9.17) is 20.9 Å². The standard InChI is InChI=1S/C26H18ClFN4O5S/c1-3-36-26(35)22-17-12-38-24(20(17)25(34)32(30-22)15-8-6-7-14(28)11-15)29-23(33)19-13(2)37-31-21(19)16-9-4-5-10-18(16)27/h4-12H,3H2,1-2H3,(H,29,33). The van der Waals surface area contributed by atoms with Crippen LogP contribution in [0.5, 0.6) is 0 Å². The number of rotatable bonds is 6. The smallest absolute Gasteiger partial charge is 0.359 e. The van der Waals surface area contributed by atoms with Gasteiger partial charge in [0.15, 0.2) is 5.69 Å². The van der Waals surface area contributed by atoms with Gasteiger partial charge in [0.2, 0.25) is 0 Å². The molecule has 192 valence electrons. The van der Waals surface area contributed by atoms with Crippen LogP contribution in [0.25, 0.3) is 27.7 Å². The molecule has 0 aliphatic heterocycles. The molecule has 0 fully saturated rings. The molecule has 5 rings (SSSR count). The second kappa shape index (κ2) is 10.2. The van der Waals surface area contributed by atoms with E-state index < -0.39 is 23.3 Å². The number of nitrogens with one attached hydrogen (secondary N) is 1. The molecular formula is C26H18ClFN4O5S. The molecule has 0 saturated heterocycles. The number of halogens is 2. The van der Waals surface area contributed by atoms with Crippen molar-refractivity contribution in [3.63, 3.8) is 0 Å². The Morgan fingerprint density at radius 2 is 2.00 bits per heavy atom. The highest BCUT2D eigenvalue weighted by atomic mass is 35.5. The Kier molecular flexibility index (Phi) is 6.79. The molecule has 1 N–H and O–H groups in total. The zero-order chi connectivity index (χ0) is 27.0. The van der Waals surface area contributed by atoms with Crippen LogP contribution < -0.4 is 10.9 Å². The average molecular weight is 553 g/mol. The largest absolute Gasteiger partial charge is 0.461 e. The lowest BCUT2D eigenvalue weighted by Crippen LogP contribution is -2.25. The van der Waals surface area contributed by atoms with Crippen molar-refractivity contribution in [3.05, 3.63) is 92.1 Å². The SMILES string of the molecule is CCOC(=O)c1nn(-c2cccc(F)c2)c(=O)c2c(NC(=O)c3c(-c4ccccc4Cl)noc3C)scc12. The van der Waals surface area contributed by atoms with Gasteiger partial charge >= 0.3 is 5.97 Å². The number of hydrogen-bond donors (Lipinski definition) is 1. The molecule has 1 amide bonds. The van der Waals surface area contributed by atoms with Crippen LogP contribution in [0.4, 0.5) is 9.39 Å². The van der Waals surface area contributed by atoms with Crippen molar-refractivity contribution >= 4 is 50.6 Å². The molecule has 38 heavy (non-hydrogen) atoms. The molecule has 0 saturated carbocycles. The summed E-state index contributed by atoms with van der Waals surface area (Å²) in [6.45, 7) is 3.29. The van der Waals surface area contributed by atoms with E-state index >= 15 is 0 Å². The number of aryl methyl sites for hydroxylation is 1. The number of thiophene rings is 1. The maximum atomic E-state index is 14.0. The van der Waals surface area contributed by atoms with E-state index in [1.165, 1.54) is 23.6 Å². The Labute approximate surface area is 223 Å². The molecule has 2 aromatic carbocycles. The number of nitrogens with zero attached hydrogens (tertiary/aromatic N) is 3. The van der Waals surface area contributed by atoms with Gasteiger partial charge in [-0.25, -0.2) is 9.18 Å². The number of ether oxygens (including phenoxy) is 1. The molecule has 12 heteroatoms. The highest BCUT2D eigenvalue weighted by Gasteiger charge is 2.27. The van der Waals surface area contributed by atoms with Crippen LogP contribution in [0, 0.1) is 12.7 Å². The molecule has 5 aromatic rings. The molecule has 0 aliphatic carbocycles. The third-order valence-corrected chi connectivity index (χ3v) is 6.84. The van der Waals surface area contributed by atoms with Crippen molar-refractivity contribution in [1.29, 1.82) is 0 Å². The van der Waals surface area contributed by atoms with E-state index in [0.717, 1.165) is 22.1 Å². The van der Waals surface area contributed by atoms with Crippen LogP contribution in [0.15, 0.2) is 63.2 Å². The third kappa shape index (κ3) is 4.46. The second-order valence-corrected chi connectivity index (χ2v) is 9.30. The lowest BCUT2D eigenvalue weighted by Gasteiger charge is -2.10. The Bertz CT molecular complexity index is 1780. The van der Waals surface area contributed by atoms with Crippen molar-refractivity contribution in [2.45, 2.75) is 13.8 Å². The van der Waals surface area contributed by atoms with Crippen molar-refractivity contribution in [3.8, 4) is 16.9 Å². The summed E-state index contributed by atoms with van der Waals surface area (Å²) in [6, 6.07) is 12.1. The first-order valence-corrected chi connectivity index (χ1v) is 12.6. The molecule has 0 aliphatic rings. The minimum Gasteiger partial charge on any atom is -0.461 e. The summed E-state index contributed by atoms with van der Waals surface area (Å²) in [5, 5.41) is 13.2. The molecule has 0 bridgehead atoms. The van der Waals surface area contributed by atoms with Crippen LogP contribution in [0.2, 0.25) is 5.02 Å². The first-order chi connectivity index (χ1) is 18.3. The van der Waals surface area contributed by atoms with Crippen molar-refractivity contribution in [2.75, 3.05) is 11.9 Å². The molecule has 0 radical (unpaired) electrons. The molecule has 9 nitrogen and oxygen atoms in total. The normalized spacial score (nSPS) is 11.1. The van der Waals surface area contributed by atoms with E-state index in [0.29, 0.717) is 10.6 Å². The topological polar surface area (TPSA) is 116 Å². The maximum Gasteiger partial charge on any atom is 0.359 e. The fourth-order valence-corrected chi connectivity index (χ4v) is 5.07. The van der Waals surface area contributed by atoms with Gasteiger partial charge in [0.05, 0.1) is 22.7 Å². The van der Waals surface area contributed by atoms with E-state index in [9.17, 15) is 18.8 Å². The highest BCUT2D eigenvalue weighted by molar-refractivity contribution is 7.16. The number of anilines is 1. The highest BCUT2D eigenvalue weighted by Crippen LogP contribution is 2.34. The summed E-state index contributed by atoms with van der Waals surface area (Å²) >= 11 is 7.34. The summed E-state index contributed by atoms with van der Waals surface area (Å²) in [5.74, 6) is -1.73. The number of hydrogen-bond acceptors (Lipinski definition) is 8. The van der Waals surface area contributed by atoms with E-state index in [-0.39, 0.29) is 50.8 Å².